The number of quaternary nitrogens is 1. The Morgan fingerprint density at radius 2 is 1.30 bits per heavy atom. The molecule has 1 aromatic carbocycles. The highest BCUT2D eigenvalue weighted by Gasteiger charge is 2.23. The number of unbranched alkanes of at least 4 members (excludes halogenated alkanes) is 9. The lowest BCUT2D eigenvalue weighted by Gasteiger charge is -2.34. The van der Waals surface area contributed by atoms with Crippen molar-refractivity contribution in [3.05, 3.63) is 42.1 Å². The first-order valence-electron chi connectivity index (χ1n) is 12.2. The van der Waals surface area contributed by atoms with Crippen LogP contribution in [0.3, 0.4) is 0 Å². The van der Waals surface area contributed by atoms with Crippen LogP contribution in [-0.2, 0) is 4.74 Å². The molecule has 30 heavy (non-hydrogen) atoms. The second kappa shape index (κ2) is 18.6. The Balaban J connectivity index is 2.23. The molecule has 0 atom stereocenters. The van der Waals surface area contributed by atoms with E-state index in [2.05, 4.69) is 31.3 Å². The van der Waals surface area contributed by atoms with Gasteiger partial charge in [-0.15, -0.1) is 0 Å². The van der Waals surface area contributed by atoms with Gasteiger partial charge in [-0.2, -0.15) is 0 Å². The predicted octanol–water partition coefficient (Wildman–Crippen LogP) is 5.40. The van der Waals surface area contributed by atoms with Crippen molar-refractivity contribution >= 4 is 6.08 Å². The third kappa shape index (κ3) is 13.2. The molecular formula is C26H46NO3+. The zero-order valence-corrected chi connectivity index (χ0v) is 19.3. The number of hydrogen-bond acceptors (Lipinski definition) is 3. The standard InChI is InChI=1S/C26H46NO3/c1-2-3-4-5-6-7-8-9-10-14-24-30-25-21-27(19-22-28,20-23-29)18-17-26-15-12-11-13-16-26/h11-13,15-18,28-29H,2-10,14,19-25H2,1H3/q+1/b18-17+. The van der Waals surface area contributed by atoms with Gasteiger partial charge in [0, 0.05) is 6.61 Å². The lowest BCUT2D eigenvalue weighted by atomic mass is 10.1. The van der Waals surface area contributed by atoms with Gasteiger partial charge in [0.2, 0.25) is 0 Å². The maximum atomic E-state index is 9.56. The van der Waals surface area contributed by atoms with Crippen molar-refractivity contribution in [1.29, 1.82) is 0 Å². The Hall–Kier alpha value is -1.20. The minimum Gasteiger partial charge on any atom is -0.390 e. The summed E-state index contributed by atoms with van der Waals surface area (Å²) in [6.07, 6.45) is 17.5. The second-order valence-corrected chi connectivity index (χ2v) is 8.36. The number of ether oxygens (including phenoxy) is 1. The van der Waals surface area contributed by atoms with E-state index in [0.717, 1.165) is 25.1 Å². The topological polar surface area (TPSA) is 49.7 Å². The highest BCUT2D eigenvalue weighted by molar-refractivity contribution is 5.47. The SMILES string of the molecule is CCCCCCCCCCCCOCC[N+](/C=C/c1ccccc1)(CCO)CCO. The van der Waals surface area contributed by atoms with Gasteiger partial charge in [-0.05, 0) is 18.1 Å². The van der Waals surface area contributed by atoms with Gasteiger partial charge in [0.15, 0.2) is 0 Å². The zero-order valence-electron chi connectivity index (χ0n) is 19.3. The Kier molecular flexibility index (Phi) is 16.6. The van der Waals surface area contributed by atoms with Crippen molar-refractivity contribution < 1.29 is 19.4 Å². The Labute approximate surface area is 185 Å². The quantitative estimate of drug-likeness (QED) is 0.219. The Bertz CT molecular complexity index is 512. The molecule has 0 spiro atoms. The van der Waals surface area contributed by atoms with Crippen LogP contribution in [0, 0.1) is 0 Å². The van der Waals surface area contributed by atoms with Crippen LogP contribution in [0.1, 0.15) is 76.7 Å². The average Bonchev–Trinajstić information content (AvgIpc) is 2.76. The second-order valence-electron chi connectivity index (χ2n) is 8.36. The van der Waals surface area contributed by atoms with E-state index in [1.165, 1.54) is 57.8 Å². The van der Waals surface area contributed by atoms with E-state index in [4.69, 9.17) is 4.74 Å². The number of rotatable bonds is 20. The molecule has 172 valence electrons. The monoisotopic (exact) mass is 420 g/mol. The van der Waals surface area contributed by atoms with Crippen molar-refractivity contribution in [2.45, 2.75) is 71.1 Å². The summed E-state index contributed by atoms with van der Waals surface area (Å²) in [6, 6.07) is 10.2. The molecule has 0 radical (unpaired) electrons. The van der Waals surface area contributed by atoms with E-state index in [0.29, 0.717) is 24.2 Å². The van der Waals surface area contributed by atoms with Crippen LogP contribution < -0.4 is 0 Å². The van der Waals surface area contributed by atoms with Gasteiger partial charge in [-0.25, -0.2) is 0 Å². The van der Waals surface area contributed by atoms with Gasteiger partial charge >= 0.3 is 0 Å². The summed E-state index contributed by atoms with van der Waals surface area (Å²) < 4.78 is 6.43. The minimum absolute atomic E-state index is 0.0948. The molecule has 0 aliphatic carbocycles. The van der Waals surface area contributed by atoms with E-state index in [9.17, 15) is 10.2 Å². The molecule has 2 N–H and O–H groups in total. The van der Waals surface area contributed by atoms with Crippen LogP contribution in [0.2, 0.25) is 0 Å². The molecular weight excluding hydrogens is 374 g/mol. The third-order valence-electron chi connectivity index (χ3n) is 5.80. The number of nitrogens with zero attached hydrogens (tertiary/aromatic N) is 1. The lowest BCUT2D eigenvalue weighted by molar-refractivity contribution is -0.880. The largest absolute Gasteiger partial charge is 0.390 e. The smallest absolute Gasteiger partial charge is 0.107 e. The lowest BCUT2D eigenvalue weighted by Crippen LogP contribution is -2.49. The summed E-state index contributed by atoms with van der Waals surface area (Å²) >= 11 is 0. The van der Waals surface area contributed by atoms with E-state index < -0.39 is 0 Å². The third-order valence-corrected chi connectivity index (χ3v) is 5.80. The van der Waals surface area contributed by atoms with Gasteiger partial charge in [-0.3, -0.25) is 4.48 Å². The van der Waals surface area contributed by atoms with Gasteiger partial charge in [0.25, 0.3) is 0 Å². The summed E-state index contributed by atoms with van der Waals surface area (Å²) in [4.78, 5) is 0. The molecule has 0 aliphatic rings. The highest BCUT2D eigenvalue weighted by atomic mass is 16.5. The Morgan fingerprint density at radius 3 is 1.87 bits per heavy atom. The van der Waals surface area contributed by atoms with Crippen molar-refractivity contribution in [1.82, 2.24) is 0 Å². The summed E-state index contributed by atoms with van der Waals surface area (Å²) in [7, 11) is 0. The molecule has 1 aromatic rings. The highest BCUT2D eigenvalue weighted by Crippen LogP contribution is 2.13. The summed E-state index contributed by atoms with van der Waals surface area (Å²) in [6.45, 7) is 5.85. The molecule has 0 unspecified atom stereocenters. The number of aliphatic hydroxyl groups is 2. The normalized spacial score (nSPS) is 12.1. The van der Waals surface area contributed by atoms with Crippen molar-refractivity contribution in [2.75, 3.05) is 46.1 Å². The minimum atomic E-state index is 0.0948. The molecule has 1 rings (SSSR count). The van der Waals surface area contributed by atoms with Gasteiger partial charge in [-0.1, -0.05) is 95.0 Å². The van der Waals surface area contributed by atoms with Crippen LogP contribution in [0.5, 0.6) is 0 Å². The molecule has 4 heteroatoms. The first-order chi connectivity index (χ1) is 14.8. The van der Waals surface area contributed by atoms with E-state index in [-0.39, 0.29) is 13.2 Å². The summed E-state index contributed by atoms with van der Waals surface area (Å²) in [5.74, 6) is 0. The fraction of sp³-hybridized carbons (Fsp3) is 0.692. The molecule has 0 amide bonds. The van der Waals surface area contributed by atoms with Crippen LogP contribution in [-0.4, -0.2) is 60.8 Å². The van der Waals surface area contributed by atoms with Crippen molar-refractivity contribution in [3.63, 3.8) is 0 Å². The molecule has 0 fully saturated rings. The van der Waals surface area contributed by atoms with Gasteiger partial charge in [0.05, 0.1) is 26.0 Å². The number of aliphatic hydroxyl groups excluding tert-OH is 2. The molecule has 4 nitrogen and oxygen atoms in total. The van der Waals surface area contributed by atoms with E-state index in [1.54, 1.807) is 0 Å². The van der Waals surface area contributed by atoms with Crippen LogP contribution in [0.4, 0.5) is 0 Å². The summed E-state index contributed by atoms with van der Waals surface area (Å²) in [5, 5.41) is 19.1. The van der Waals surface area contributed by atoms with Crippen molar-refractivity contribution in [3.8, 4) is 0 Å². The fourth-order valence-electron chi connectivity index (χ4n) is 3.81. The maximum Gasteiger partial charge on any atom is 0.107 e. The molecule has 0 saturated heterocycles. The van der Waals surface area contributed by atoms with E-state index >= 15 is 0 Å². The van der Waals surface area contributed by atoms with E-state index in [1.807, 2.05) is 18.2 Å². The summed E-state index contributed by atoms with van der Waals surface area (Å²) in [5.41, 5.74) is 1.13. The predicted molar refractivity (Wildman–Crippen MR) is 127 cm³/mol. The molecule has 0 aliphatic heterocycles. The van der Waals surface area contributed by atoms with Crippen LogP contribution in [0.15, 0.2) is 36.5 Å². The first kappa shape index (κ1) is 26.8. The Morgan fingerprint density at radius 1 is 0.733 bits per heavy atom. The van der Waals surface area contributed by atoms with Crippen LogP contribution >= 0.6 is 0 Å². The van der Waals surface area contributed by atoms with Crippen molar-refractivity contribution in [2.24, 2.45) is 0 Å². The molecule has 0 saturated carbocycles. The maximum absolute atomic E-state index is 9.56. The number of benzene rings is 1. The number of hydrogen-bond donors (Lipinski definition) is 2. The fourth-order valence-corrected chi connectivity index (χ4v) is 3.81. The molecule has 0 heterocycles. The zero-order chi connectivity index (χ0) is 21.8. The van der Waals surface area contributed by atoms with Gasteiger partial charge < -0.3 is 14.9 Å². The van der Waals surface area contributed by atoms with Gasteiger partial charge in [0.1, 0.15) is 19.6 Å². The molecule has 0 bridgehead atoms. The molecule has 0 aromatic heterocycles. The van der Waals surface area contributed by atoms with Crippen LogP contribution in [0.25, 0.3) is 6.08 Å². The average molecular weight is 421 g/mol. The first-order valence-corrected chi connectivity index (χ1v) is 12.2.